The maximum absolute atomic E-state index is 9.86. The lowest BCUT2D eigenvalue weighted by atomic mass is 10.0. The molecule has 1 aromatic carbocycles. The molecule has 94 valence electrons. The zero-order valence-corrected chi connectivity index (χ0v) is 10.6. The summed E-state index contributed by atoms with van der Waals surface area (Å²) in [5.74, 6) is 0.987. The highest BCUT2D eigenvalue weighted by molar-refractivity contribution is 5.59. The van der Waals surface area contributed by atoms with Crippen molar-refractivity contribution in [3.05, 3.63) is 23.3 Å². The lowest BCUT2D eigenvalue weighted by molar-refractivity contribution is 0.0595. The fourth-order valence-electron chi connectivity index (χ4n) is 2.25. The molecule has 2 rings (SSSR count). The molecule has 0 amide bonds. The number of phenols is 1. The Morgan fingerprint density at radius 1 is 1.41 bits per heavy atom. The summed E-state index contributed by atoms with van der Waals surface area (Å²) < 4.78 is 5.45. The fourth-order valence-corrected chi connectivity index (χ4v) is 2.25. The average Bonchev–Trinajstić information content (AvgIpc) is 2.36. The molecule has 1 unspecified atom stereocenters. The predicted molar refractivity (Wildman–Crippen MR) is 69.6 cm³/mol. The number of rotatable bonds is 3. The van der Waals surface area contributed by atoms with Gasteiger partial charge in [0.2, 0.25) is 0 Å². The van der Waals surface area contributed by atoms with Crippen molar-refractivity contribution < 1.29 is 9.84 Å². The van der Waals surface area contributed by atoms with E-state index in [1.54, 1.807) is 0 Å². The summed E-state index contributed by atoms with van der Waals surface area (Å²) in [5, 5.41) is 13.3. The Bertz CT molecular complexity index is 384. The Morgan fingerprint density at radius 2 is 2.24 bits per heavy atom. The minimum Gasteiger partial charge on any atom is -0.507 e. The molecule has 3 nitrogen and oxygen atoms in total. The molecule has 1 fully saturated rings. The van der Waals surface area contributed by atoms with Gasteiger partial charge in [0.1, 0.15) is 5.75 Å². The number of ether oxygens (including phenoxy) is 1. The highest BCUT2D eigenvalue weighted by atomic mass is 16.5. The molecule has 1 heterocycles. The largest absolute Gasteiger partial charge is 0.507 e. The van der Waals surface area contributed by atoms with E-state index in [0.717, 1.165) is 43.0 Å². The molecule has 1 saturated heterocycles. The molecule has 0 radical (unpaired) electrons. The highest BCUT2D eigenvalue weighted by Gasteiger charge is 2.14. The Balaban J connectivity index is 1.96. The fraction of sp³-hybridized carbons (Fsp3) is 0.571. The predicted octanol–water partition coefficient (Wildman–Crippen LogP) is 2.85. The van der Waals surface area contributed by atoms with E-state index in [-0.39, 0.29) is 0 Å². The monoisotopic (exact) mass is 235 g/mol. The van der Waals surface area contributed by atoms with Gasteiger partial charge in [-0.3, -0.25) is 0 Å². The van der Waals surface area contributed by atoms with E-state index < -0.39 is 0 Å². The lowest BCUT2D eigenvalue weighted by Crippen LogP contribution is -2.24. The van der Waals surface area contributed by atoms with Gasteiger partial charge in [-0.2, -0.15) is 0 Å². The minimum atomic E-state index is 0.398. The SMILES string of the molecule is Cc1ccc(NCC2CCCOC2)c(C)c1O. The maximum atomic E-state index is 9.86. The van der Waals surface area contributed by atoms with Gasteiger partial charge in [-0.05, 0) is 44.2 Å². The van der Waals surface area contributed by atoms with Crippen LogP contribution in [0.3, 0.4) is 0 Å². The van der Waals surface area contributed by atoms with Crippen LogP contribution in [-0.2, 0) is 4.74 Å². The second kappa shape index (κ2) is 5.41. The number of benzene rings is 1. The molecule has 0 aromatic heterocycles. The average molecular weight is 235 g/mol. The van der Waals surface area contributed by atoms with Crippen LogP contribution in [0.25, 0.3) is 0 Å². The van der Waals surface area contributed by atoms with Gasteiger partial charge in [-0.25, -0.2) is 0 Å². The van der Waals surface area contributed by atoms with Crippen molar-refractivity contribution in [3.63, 3.8) is 0 Å². The van der Waals surface area contributed by atoms with Crippen LogP contribution in [-0.4, -0.2) is 24.9 Å². The first kappa shape index (κ1) is 12.2. The molecule has 0 spiro atoms. The van der Waals surface area contributed by atoms with E-state index in [0.29, 0.717) is 11.7 Å². The van der Waals surface area contributed by atoms with E-state index in [1.165, 1.54) is 6.42 Å². The lowest BCUT2D eigenvalue weighted by Gasteiger charge is -2.23. The molecule has 1 aliphatic rings. The van der Waals surface area contributed by atoms with Gasteiger partial charge in [0, 0.05) is 24.4 Å². The van der Waals surface area contributed by atoms with Crippen molar-refractivity contribution in [2.45, 2.75) is 26.7 Å². The Morgan fingerprint density at radius 3 is 2.94 bits per heavy atom. The first-order chi connectivity index (χ1) is 8.18. The molecule has 1 aliphatic heterocycles. The molecule has 2 N–H and O–H groups in total. The molecule has 1 aromatic rings. The van der Waals surface area contributed by atoms with Gasteiger partial charge in [-0.15, -0.1) is 0 Å². The van der Waals surface area contributed by atoms with Gasteiger partial charge in [0.25, 0.3) is 0 Å². The third kappa shape index (κ3) is 2.91. The van der Waals surface area contributed by atoms with Crippen molar-refractivity contribution in [1.82, 2.24) is 0 Å². The smallest absolute Gasteiger partial charge is 0.123 e. The number of hydrogen-bond acceptors (Lipinski definition) is 3. The topological polar surface area (TPSA) is 41.5 Å². The zero-order chi connectivity index (χ0) is 12.3. The van der Waals surface area contributed by atoms with Crippen LogP contribution in [0.4, 0.5) is 5.69 Å². The van der Waals surface area contributed by atoms with E-state index in [2.05, 4.69) is 5.32 Å². The quantitative estimate of drug-likeness (QED) is 0.846. The number of aryl methyl sites for hydroxylation is 1. The number of phenolic OH excluding ortho intramolecular Hbond substituents is 1. The van der Waals surface area contributed by atoms with Gasteiger partial charge in [0.05, 0.1) is 6.61 Å². The maximum Gasteiger partial charge on any atom is 0.123 e. The molecule has 3 heteroatoms. The second-order valence-electron chi connectivity index (χ2n) is 4.87. The van der Waals surface area contributed by atoms with Crippen molar-refractivity contribution in [3.8, 4) is 5.75 Å². The summed E-state index contributed by atoms with van der Waals surface area (Å²) in [6, 6.07) is 3.98. The van der Waals surface area contributed by atoms with Crippen LogP contribution >= 0.6 is 0 Å². The first-order valence-electron chi connectivity index (χ1n) is 6.29. The molecule has 0 bridgehead atoms. The highest BCUT2D eigenvalue weighted by Crippen LogP contribution is 2.28. The van der Waals surface area contributed by atoms with Crippen LogP contribution in [0, 0.1) is 19.8 Å². The summed E-state index contributed by atoms with van der Waals surface area (Å²) >= 11 is 0. The van der Waals surface area contributed by atoms with Crippen LogP contribution in [0.1, 0.15) is 24.0 Å². The molecule has 0 saturated carbocycles. The third-order valence-corrected chi connectivity index (χ3v) is 3.47. The van der Waals surface area contributed by atoms with Gasteiger partial charge in [-0.1, -0.05) is 6.07 Å². The number of anilines is 1. The first-order valence-corrected chi connectivity index (χ1v) is 6.29. The third-order valence-electron chi connectivity index (χ3n) is 3.47. The number of aromatic hydroxyl groups is 1. The van der Waals surface area contributed by atoms with E-state index >= 15 is 0 Å². The van der Waals surface area contributed by atoms with E-state index in [4.69, 9.17) is 4.74 Å². The van der Waals surface area contributed by atoms with Crippen LogP contribution in [0.15, 0.2) is 12.1 Å². The Kier molecular flexibility index (Phi) is 3.89. The summed E-state index contributed by atoms with van der Waals surface area (Å²) in [7, 11) is 0. The van der Waals surface area contributed by atoms with Crippen molar-refractivity contribution in [2.75, 3.05) is 25.1 Å². The molecular weight excluding hydrogens is 214 g/mol. The van der Waals surface area contributed by atoms with Gasteiger partial charge in [0.15, 0.2) is 0 Å². The van der Waals surface area contributed by atoms with Crippen LogP contribution in [0.5, 0.6) is 5.75 Å². The van der Waals surface area contributed by atoms with Crippen molar-refractivity contribution in [1.29, 1.82) is 0 Å². The normalized spacial score (nSPS) is 20.2. The Hall–Kier alpha value is -1.22. The minimum absolute atomic E-state index is 0.398. The molecular formula is C14H21NO2. The van der Waals surface area contributed by atoms with Crippen LogP contribution < -0.4 is 5.32 Å². The van der Waals surface area contributed by atoms with Gasteiger partial charge >= 0.3 is 0 Å². The Labute approximate surface area is 103 Å². The summed E-state index contributed by atoms with van der Waals surface area (Å²) in [4.78, 5) is 0. The standard InChI is InChI=1S/C14H21NO2/c1-10-5-6-13(11(2)14(10)16)15-8-12-4-3-7-17-9-12/h5-6,12,15-16H,3-4,7-9H2,1-2H3. The van der Waals surface area contributed by atoms with E-state index in [9.17, 15) is 5.11 Å². The summed E-state index contributed by atoms with van der Waals surface area (Å²) in [5.41, 5.74) is 2.88. The van der Waals surface area contributed by atoms with Crippen molar-refractivity contribution >= 4 is 5.69 Å². The molecule has 0 aliphatic carbocycles. The molecule has 1 atom stereocenters. The van der Waals surface area contributed by atoms with Crippen LogP contribution in [0.2, 0.25) is 0 Å². The summed E-state index contributed by atoms with van der Waals surface area (Å²) in [6.45, 7) is 6.54. The number of nitrogens with one attached hydrogen (secondary N) is 1. The molecule has 17 heavy (non-hydrogen) atoms. The summed E-state index contributed by atoms with van der Waals surface area (Å²) in [6.07, 6.45) is 2.38. The zero-order valence-electron chi connectivity index (χ0n) is 10.6. The van der Waals surface area contributed by atoms with Gasteiger partial charge < -0.3 is 15.2 Å². The number of hydrogen-bond donors (Lipinski definition) is 2. The van der Waals surface area contributed by atoms with E-state index in [1.807, 2.05) is 26.0 Å². The second-order valence-corrected chi connectivity index (χ2v) is 4.87. The van der Waals surface area contributed by atoms with Crippen molar-refractivity contribution in [2.24, 2.45) is 5.92 Å².